The summed E-state index contributed by atoms with van der Waals surface area (Å²) in [5.74, 6) is 0.660. The Morgan fingerprint density at radius 1 is 0.316 bits per heavy atom. The quantitative estimate of drug-likeness (QED) is 0.160. The van der Waals surface area contributed by atoms with Gasteiger partial charge in [-0.3, -0.25) is 4.98 Å². The number of benzene rings is 7. The van der Waals surface area contributed by atoms with Crippen LogP contribution in [0.1, 0.15) is 0 Å². The lowest BCUT2D eigenvalue weighted by molar-refractivity contribution is 0.669. The van der Waals surface area contributed by atoms with Gasteiger partial charge in [0, 0.05) is 50.0 Å². The molecule has 5 nitrogen and oxygen atoms in total. The summed E-state index contributed by atoms with van der Waals surface area (Å²) in [6, 6.07) is 65.1. The average Bonchev–Trinajstić information content (AvgIpc) is 3.67. The van der Waals surface area contributed by atoms with E-state index < -0.39 is 0 Å². The third-order valence-electron chi connectivity index (χ3n) is 10.7. The van der Waals surface area contributed by atoms with Crippen molar-refractivity contribution in [3.63, 3.8) is 0 Å². The molecule has 0 radical (unpaired) electrons. The molecule has 0 atom stereocenters. The van der Waals surface area contributed by atoms with Gasteiger partial charge >= 0.3 is 0 Å². The second-order valence-corrected chi connectivity index (χ2v) is 14.3. The molecular weight excluding hydrogens is 697 g/mol. The lowest BCUT2D eigenvalue weighted by Gasteiger charge is -2.14. The first kappa shape index (κ1) is 32.7. The van der Waals surface area contributed by atoms with Crippen molar-refractivity contribution in [2.24, 2.45) is 0 Å². The van der Waals surface area contributed by atoms with Crippen LogP contribution in [0.25, 0.3) is 111 Å². The molecule has 11 rings (SSSR count). The first-order chi connectivity index (χ1) is 28.2. The molecule has 0 amide bonds. The van der Waals surface area contributed by atoms with Gasteiger partial charge in [-0.05, 0) is 82.9 Å². The summed E-state index contributed by atoms with van der Waals surface area (Å²) >= 11 is 0. The predicted molar refractivity (Wildman–Crippen MR) is 233 cm³/mol. The van der Waals surface area contributed by atoms with Gasteiger partial charge in [0.1, 0.15) is 11.2 Å². The molecule has 0 aliphatic carbocycles. The predicted octanol–water partition coefficient (Wildman–Crippen LogP) is 13.5. The maximum absolute atomic E-state index is 6.19. The van der Waals surface area contributed by atoms with Crippen LogP contribution in [0.5, 0.6) is 0 Å². The maximum Gasteiger partial charge on any atom is 0.160 e. The van der Waals surface area contributed by atoms with Crippen molar-refractivity contribution in [1.29, 1.82) is 0 Å². The molecule has 0 spiro atoms. The van der Waals surface area contributed by atoms with Gasteiger partial charge in [-0.2, -0.15) is 0 Å². The highest BCUT2D eigenvalue weighted by atomic mass is 16.3. The van der Waals surface area contributed by atoms with Crippen LogP contribution in [-0.4, -0.2) is 19.9 Å². The van der Waals surface area contributed by atoms with E-state index in [1.807, 2.05) is 42.6 Å². The van der Waals surface area contributed by atoms with E-state index in [-0.39, 0.29) is 0 Å². The summed E-state index contributed by atoms with van der Waals surface area (Å²) in [5, 5.41) is 4.33. The standard InChI is InChI=1S/C52H32N4O/c1-3-11-33(12-4-1)40-28-41(37-23-25-49-44(31-37)43-18-7-8-19-48(43)57-49)30-42(29-40)47-32-46(55-52(56-47)36-13-5-2-6-14-36)39-16-9-15-38(27-39)45-24-22-35-21-20-34-17-10-26-53-50(34)51(35)54-45/h1-32H. The number of para-hydroxylation sites is 1. The van der Waals surface area contributed by atoms with Gasteiger partial charge in [0.25, 0.3) is 0 Å². The van der Waals surface area contributed by atoms with Crippen LogP contribution in [0.2, 0.25) is 0 Å². The summed E-state index contributed by atoms with van der Waals surface area (Å²) in [4.78, 5) is 20.3. The van der Waals surface area contributed by atoms with Gasteiger partial charge in [0.05, 0.1) is 28.1 Å². The molecule has 266 valence electrons. The van der Waals surface area contributed by atoms with Crippen molar-refractivity contribution in [2.75, 3.05) is 0 Å². The van der Waals surface area contributed by atoms with Crippen LogP contribution in [0.3, 0.4) is 0 Å². The van der Waals surface area contributed by atoms with Crippen molar-refractivity contribution in [3.05, 3.63) is 194 Å². The van der Waals surface area contributed by atoms with Gasteiger partial charge in [0.2, 0.25) is 0 Å². The van der Waals surface area contributed by atoms with E-state index in [2.05, 4.69) is 157 Å². The zero-order valence-corrected chi connectivity index (χ0v) is 30.7. The van der Waals surface area contributed by atoms with Crippen molar-refractivity contribution >= 4 is 43.7 Å². The molecule has 0 saturated heterocycles. The number of hydrogen-bond donors (Lipinski definition) is 0. The fraction of sp³-hybridized carbons (Fsp3) is 0. The fourth-order valence-electron chi connectivity index (χ4n) is 7.83. The first-order valence-electron chi connectivity index (χ1n) is 19.0. The summed E-state index contributed by atoms with van der Waals surface area (Å²) in [6.45, 7) is 0. The molecule has 11 aromatic rings. The van der Waals surface area contributed by atoms with Crippen LogP contribution < -0.4 is 0 Å². The fourth-order valence-corrected chi connectivity index (χ4v) is 7.83. The largest absolute Gasteiger partial charge is 0.456 e. The Bertz CT molecular complexity index is 3300. The van der Waals surface area contributed by atoms with Crippen LogP contribution in [0, 0.1) is 0 Å². The van der Waals surface area contributed by atoms with E-state index >= 15 is 0 Å². The molecule has 0 bridgehead atoms. The number of furan rings is 1. The third kappa shape index (κ3) is 5.99. The number of fused-ring (bicyclic) bond motifs is 6. The lowest BCUT2D eigenvalue weighted by atomic mass is 9.94. The Kier molecular flexibility index (Phi) is 7.74. The Morgan fingerprint density at radius 2 is 0.930 bits per heavy atom. The molecule has 0 unspecified atom stereocenters. The van der Waals surface area contributed by atoms with E-state index in [1.54, 1.807) is 0 Å². The number of aromatic nitrogens is 4. The number of hydrogen-bond acceptors (Lipinski definition) is 5. The minimum atomic E-state index is 0.660. The molecule has 57 heavy (non-hydrogen) atoms. The number of nitrogens with zero attached hydrogens (tertiary/aromatic N) is 4. The van der Waals surface area contributed by atoms with Gasteiger partial charge in [-0.15, -0.1) is 0 Å². The Balaban J connectivity index is 1.08. The van der Waals surface area contributed by atoms with E-state index in [0.717, 1.165) is 105 Å². The van der Waals surface area contributed by atoms with Crippen molar-refractivity contribution < 1.29 is 4.42 Å². The van der Waals surface area contributed by atoms with Crippen LogP contribution in [0.15, 0.2) is 199 Å². The molecule has 0 saturated carbocycles. The second kappa shape index (κ2) is 13.5. The molecule has 7 aromatic carbocycles. The van der Waals surface area contributed by atoms with Crippen molar-refractivity contribution in [2.45, 2.75) is 0 Å². The van der Waals surface area contributed by atoms with Crippen LogP contribution >= 0.6 is 0 Å². The lowest BCUT2D eigenvalue weighted by Crippen LogP contribution is -1.97. The summed E-state index contributed by atoms with van der Waals surface area (Å²) in [5.41, 5.74) is 14.4. The second-order valence-electron chi connectivity index (χ2n) is 14.3. The molecule has 4 heterocycles. The van der Waals surface area contributed by atoms with Crippen molar-refractivity contribution in [1.82, 2.24) is 19.9 Å². The highest BCUT2D eigenvalue weighted by molar-refractivity contribution is 6.06. The van der Waals surface area contributed by atoms with Crippen LogP contribution in [0.4, 0.5) is 0 Å². The average molecular weight is 729 g/mol. The first-order valence-corrected chi connectivity index (χ1v) is 19.0. The molecule has 0 fully saturated rings. The number of rotatable bonds is 6. The molecule has 4 aromatic heterocycles. The SMILES string of the molecule is c1ccc(-c2cc(-c3ccc4oc5ccccc5c4c3)cc(-c3cc(-c4cccc(-c5ccc6ccc7cccnc7c6n5)c4)nc(-c4ccccc4)n3)c2)cc1. The van der Waals surface area contributed by atoms with Gasteiger partial charge in [-0.25, -0.2) is 15.0 Å². The normalized spacial score (nSPS) is 11.5. The van der Waals surface area contributed by atoms with Crippen molar-refractivity contribution in [3.8, 4) is 67.4 Å². The third-order valence-corrected chi connectivity index (χ3v) is 10.7. The highest BCUT2D eigenvalue weighted by Crippen LogP contribution is 2.38. The summed E-state index contributed by atoms with van der Waals surface area (Å²) in [6.07, 6.45) is 1.83. The zero-order chi connectivity index (χ0) is 37.7. The maximum atomic E-state index is 6.19. The summed E-state index contributed by atoms with van der Waals surface area (Å²) < 4.78 is 6.19. The number of pyridine rings is 2. The smallest absolute Gasteiger partial charge is 0.160 e. The Hall–Kier alpha value is -7.76. The van der Waals surface area contributed by atoms with Gasteiger partial charge in [0.15, 0.2) is 5.82 Å². The molecule has 5 heteroatoms. The van der Waals surface area contributed by atoms with Gasteiger partial charge < -0.3 is 4.42 Å². The van der Waals surface area contributed by atoms with E-state index in [0.29, 0.717) is 5.82 Å². The Morgan fingerprint density at radius 3 is 1.75 bits per heavy atom. The van der Waals surface area contributed by atoms with E-state index in [4.69, 9.17) is 19.4 Å². The molecule has 0 aliphatic heterocycles. The monoisotopic (exact) mass is 728 g/mol. The topological polar surface area (TPSA) is 64.7 Å². The van der Waals surface area contributed by atoms with Gasteiger partial charge in [-0.1, -0.05) is 127 Å². The molecule has 0 aliphatic rings. The minimum Gasteiger partial charge on any atom is -0.456 e. The Labute approximate surface area is 328 Å². The zero-order valence-electron chi connectivity index (χ0n) is 30.7. The summed E-state index contributed by atoms with van der Waals surface area (Å²) in [7, 11) is 0. The highest BCUT2D eigenvalue weighted by Gasteiger charge is 2.16. The minimum absolute atomic E-state index is 0.660. The van der Waals surface area contributed by atoms with Crippen LogP contribution in [-0.2, 0) is 0 Å². The van der Waals surface area contributed by atoms with E-state index in [9.17, 15) is 0 Å². The molecule has 0 N–H and O–H groups in total. The van der Waals surface area contributed by atoms with E-state index in [1.165, 1.54) is 0 Å². The molecular formula is C52H32N4O.